The number of nitrogens with two attached hydrogens (primary N) is 1. The molecule has 1 unspecified atom stereocenters. The summed E-state index contributed by atoms with van der Waals surface area (Å²) in [6.07, 6.45) is 2.94. The fourth-order valence-electron chi connectivity index (χ4n) is 1.39. The van der Waals surface area contributed by atoms with Crippen LogP contribution >= 0.6 is 0 Å². The fraction of sp³-hybridized carbons (Fsp3) is 0.357. The van der Waals surface area contributed by atoms with Gasteiger partial charge in [0.25, 0.3) is 5.91 Å². The Hall–Kier alpha value is -2.39. The molecule has 0 bridgehead atoms. The number of nitrogens with one attached hydrogen (secondary N) is 1. The van der Waals surface area contributed by atoms with E-state index in [2.05, 4.69) is 22.1 Å². The monoisotopic (exact) mass is 275 g/mol. The van der Waals surface area contributed by atoms with Crippen LogP contribution in [0.25, 0.3) is 0 Å². The maximum absolute atomic E-state index is 12.0. The van der Waals surface area contributed by atoms with Crippen molar-refractivity contribution in [3.8, 4) is 11.8 Å². The van der Waals surface area contributed by atoms with E-state index in [1.54, 1.807) is 19.9 Å². The summed E-state index contributed by atoms with van der Waals surface area (Å²) in [5.41, 5.74) is 6.19. The Labute approximate surface area is 117 Å². The molecule has 106 valence electrons. The Kier molecular flexibility index (Phi) is 6.20. The summed E-state index contributed by atoms with van der Waals surface area (Å²) in [7, 11) is 0. The third-order valence-electron chi connectivity index (χ3n) is 2.32. The molecule has 1 aromatic rings. The number of rotatable bonds is 4. The number of hydrogen-bond acceptors (Lipinski definition) is 5. The van der Waals surface area contributed by atoms with Crippen LogP contribution in [0, 0.1) is 11.8 Å². The second-order valence-electron chi connectivity index (χ2n) is 3.92. The minimum Gasteiger partial charge on any atom is -0.464 e. The normalized spacial score (nSPS) is 10.9. The van der Waals surface area contributed by atoms with Gasteiger partial charge in [0.15, 0.2) is 0 Å². The molecule has 0 aliphatic carbocycles. The van der Waals surface area contributed by atoms with Crippen LogP contribution in [0.3, 0.4) is 0 Å². The van der Waals surface area contributed by atoms with E-state index in [1.807, 2.05) is 0 Å². The molecule has 0 fully saturated rings. The summed E-state index contributed by atoms with van der Waals surface area (Å²) in [5, 5.41) is 2.54. The molecular formula is C14H17N3O3. The molecule has 0 saturated carbocycles. The van der Waals surface area contributed by atoms with E-state index >= 15 is 0 Å². The lowest BCUT2D eigenvalue weighted by Crippen LogP contribution is -2.39. The van der Waals surface area contributed by atoms with Crippen molar-refractivity contribution in [1.29, 1.82) is 0 Å². The quantitative estimate of drug-likeness (QED) is 0.599. The molecular weight excluding hydrogens is 258 g/mol. The molecule has 0 spiro atoms. The largest absolute Gasteiger partial charge is 0.464 e. The van der Waals surface area contributed by atoms with Crippen molar-refractivity contribution in [2.24, 2.45) is 5.73 Å². The SMILES string of the molecule is CCOC(=O)C(C)NC(=O)c1cncc(C#CCN)c1. The number of hydrogen-bond donors (Lipinski definition) is 2. The highest BCUT2D eigenvalue weighted by atomic mass is 16.5. The predicted octanol–water partition coefficient (Wildman–Crippen LogP) is 0.0732. The lowest BCUT2D eigenvalue weighted by molar-refractivity contribution is -0.144. The standard InChI is InChI=1S/C14H17N3O3/c1-3-20-14(19)10(2)17-13(18)12-7-11(5-4-6-15)8-16-9-12/h7-10H,3,6,15H2,1-2H3,(H,17,18). The van der Waals surface area contributed by atoms with Gasteiger partial charge in [-0.15, -0.1) is 0 Å². The third-order valence-corrected chi connectivity index (χ3v) is 2.32. The first-order valence-corrected chi connectivity index (χ1v) is 6.20. The predicted molar refractivity (Wildman–Crippen MR) is 73.7 cm³/mol. The summed E-state index contributed by atoms with van der Waals surface area (Å²) in [4.78, 5) is 27.3. The molecule has 0 radical (unpaired) electrons. The Balaban J connectivity index is 2.75. The Morgan fingerprint density at radius 2 is 2.25 bits per heavy atom. The van der Waals surface area contributed by atoms with Crippen molar-refractivity contribution in [1.82, 2.24) is 10.3 Å². The zero-order valence-corrected chi connectivity index (χ0v) is 11.5. The molecule has 0 saturated heterocycles. The number of nitrogens with zero attached hydrogens (tertiary/aromatic N) is 1. The minimum atomic E-state index is -0.721. The number of aromatic nitrogens is 1. The maximum atomic E-state index is 12.0. The van der Waals surface area contributed by atoms with E-state index in [9.17, 15) is 9.59 Å². The number of carbonyl (C=O) groups excluding carboxylic acids is 2. The van der Waals surface area contributed by atoms with Crippen LogP contribution in [-0.2, 0) is 9.53 Å². The molecule has 0 aliphatic heterocycles. The van der Waals surface area contributed by atoms with Gasteiger partial charge in [-0.3, -0.25) is 9.78 Å². The van der Waals surface area contributed by atoms with E-state index in [-0.39, 0.29) is 13.2 Å². The summed E-state index contributed by atoms with van der Waals surface area (Å²) in [6.45, 7) is 3.76. The van der Waals surface area contributed by atoms with Crippen molar-refractivity contribution >= 4 is 11.9 Å². The van der Waals surface area contributed by atoms with Gasteiger partial charge in [0, 0.05) is 18.0 Å². The van der Waals surface area contributed by atoms with Crippen molar-refractivity contribution in [2.45, 2.75) is 19.9 Å². The highest BCUT2D eigenvalue weighted by molar-refractivity contribution is 5.96. The number of esters is 1. The number of amides is 1. The number of carbonyl (C=O) groups is 2. The van der Waals surface area contributed by atoms with Crippen LogP contribution in [0.5, 0.6) is 0 Å². The van der Waals surface area contributed by atoms with Gasteiger partial charge in [-0.05, 0) is 19.9 Å². The number of ether oxygens (including phenoxy) is 1. The lowest BCUT2D eigenvalue weighted by Gasteiger charge is -2.12. The summed E-state index contributed by atoms with van der Waals surface area (Å²) < 4.78 is 4.81. The summed E-state index contributed by atoms with van der Waals surface area (Å²) >= 11 is 0. The number of pyridine rings is 1. The zero-order valence-electron chi connectivity index (χ0n) is 11.5. The molecule has 1 atom stereocenters. The molecule has 6 heteroatoms. The molecule has 3 N–H and O–H groups in total. The van der Waals surface area contributed by atoms with Gasteiger partial charge in [-0.2, -0.15) is 0 Å². The van der Waals surface area contributed by atoms with Crippen LogP contribution in [0.1, 0.15) is 29.8 Å². The van der Waals surface area contributed by atoms with Gasteiger partial charge in [-0.25, -0.2) is 4.79 Å². The summed E-state index contributed by atoms with van der Waals surface area (Å²) in [6, 6.07) is 0.865. The molecule has 1 aromatic heterocycles. The van der Waals surface area contributed by atoms with Gasteiger partial charge >= 0.3 is 5.97 Å². The zero-order chi connectivity index (χ0) is 15.0. The smallest absolute Gasteiger partial charge is 0.328 e. The van der Waals surface area contributed by atoms with Gasteiger partial charge in [0.2, 0.25) is 0 Å². The van der Waals surface area contributed by atoms with Crippen LogP contribution < -0.4 is 11.1 Å². The highest BCUT2D eigenvalue weighted by Gasteiger charge is 2.17. The molecule has 6 nitrogen and oxygen atoms in total. The molecule has 0 aliphatic rings. The minimum absolute atomic E-state index is 0.232. The molecule has 1 heterocycles. The summed E-state index contributed by atoms with van der Waals surface area (Å²) in [5.74, 6) is 4.58. The van der Waals surface area contributed by atoms with Gasteiger partial charge in [-0.1, -0.05) is 11.8 Å². The fourth-order valence-corrected chi connectivity index (χ4v) is 1.39. The van der Waals surface area contributed by atoms with E-state index in [0.717, 1.165) is 0 Å². The van der Waals surface area contributed by atoms with Crippen molar-refractivity contribution in [2.75, 3.05) is 13.2 Å². The van der Waals surface area contributed by atoms with Crippen LogP contribution in [0.15, 0.2) is 18.5 Å². The van der Waals surface area contributed by atoms with Gasteiger partial charge < -0.3 is 15.8 Å². The van der Waals surface area contributed by atoms with Crippen molar-refractivity contribution in [3.05, 3.63) is 29.6 Å². The second-order valence-corrected chi connectivity index (χ2v) is 3.92. The first-order valence-electron chi connectivity index (χ1n) is 6.20. The Bertz CT molecular complexity index is 546. The molecule has 20 heavy (non-hydrogen) atoms. The first-order chi connectivity index (χ1) is 9.58. The van der Waals surface area contributed by atoms with Crippen LogP contribution in [0.4, 0.5) is 0 Å². The highest BCUT2D eigenvalue weighted by Crippen LogP contribution is 2.02. The van der Waals surface area contributed by atoms with Crippen molar-refractivity contribution < 1.29 is 14.3 Å². The lowest BCUT2D eigenvalue weighted by atomic mass is 10.2. The molecule has 1 amide bonds. The molecule has 1 rings (SSSR count). The average Bonchev–Trinajstić information content (AvgIpc) is 2.45. The van der Waals surface area contributed by atoms with Crippen molar-refractivity contribution in [3.63, 3.8) is 0 Å². The first kappa shape index (κ1) is 15.7. The Morgan fingerprint density at radius 1 is 1.50 bits per heavy atom. The maximum Gasteiger partial charge on any atom is 0.328 e. The topological polar surface area (TPSA) is 94.3 Å². The van der Waals surface area contributed by atoms with Gasteiger partial charge in [0.1, 0.15) is 6.04 Å². The Morgan fingerprint density at radius 3 is 2.90 bits per heavy atom. The second kappa shape index (κ2) is 7.92. The van der Waals surface area contributed by atoms with E-state index < -0.39 is 17.9 Å². The molecule has 0 aromatic carbocycles. The third kappa shape index (κ3) is 4.71. The van der Waals surface area contributed by atoms with Crippen LogP contribution in [-0.4, -0.2) is 36.1 Å². The van der Waals surface area contributed by atoms with E-state index in [4.69, 9.17) is 10.5 Å². The average molecular weight is 275 g/mol. The van der Waals surface area contributed by atoms with E-state index in [0.29, 0.717) is 11.1 Å². The van der Waals surface area contributed by atoms with Crippen LogP contribution in [0.2, 0.25) is 0 Å². The van der Waals surface area contributed by atoms with Gasteiger partial charge in [0.05, 0.1) is 18.7 Å². The van der Waals surface area contributed by atoms with E-state index in [1.165, 1.54) is 12.4 Å².